The fourth-order valence-electron chi connectivity index (χ4n) is 1.70. The number of nitrogens with one attached hydrogen (secondary N) is 2. The smallest absolute Gasteiger partial charge is 0.272 e. The zero-order valence-corrected chi connectivity index (χ0v) is 13.9. The van der Waals surface area contributed by atoms with Gasteiger partial charge in [0, 0.05) is 18.5 Å². The minimum absolute atomic E-state index is 0.0686. The summed E-state index contributed by atoms with van der Waals surface area (Å²) in [5.74, 6) is -0.483. The highest BCUT2D eigenvalue weighted by Crippen LogP contribution is 2.25. The molecule has 1 aromatic heterocycles. The largest absolute Gasteiger partial charge is 0.350 e. The van der Waals surface area contributed by atoms with Gasteiger partial charge in [0.1, 0.15) is 14.8 Å². The van der Waals surface area contributed by atoms with E-state index in [1.807, 2.05) is 31.2 Å². The standard InChI is InChI=1S/C14H17N3O3S2/c1-10-3-5-11(6-4-10)17-14-12(16-9-21-14)13(18)15-7-8-22(2,19)20/h3-6,9,17H,7-8H2,1-2H3,(H,15,18). The van der Waals surface area contributed by atoms with Gasteiger partial charge < -0.3 is 10.6 Å². The van der Waals surface area contributed by atoms with Crippen molar-refractivity contribution in [1.29, 1.82) is 0 Å². The maximum Gasteiger partial charge on any atom is 0.272 e. The maximum atomic E-state index is 12.1. The normalized spacial score (nSPS) is 11.2. The highest BCUT2D eigenvalue weighted by atomic mass is 32.2. The molecule has 22 heavy (non-hydrogen) atoms. The monoisotopic (exact) mass is 339 g/mol. The van der Waals surface area contributed by atoms with E-state index in [9.17, 15) is 13.2 Å². The van der Waals surface area contributed by atoms with Crippen molar-refractivity contribution in [3.8, 4) is 0 Å². The van der Waals surface area contributed by atoms with Crippen molar-refractivity contribution in [3.63, 3.8) is 0 Å². The maximum absolute atomic E-state index is 12.1. The summed E-state index contributed by atoms with van der Waals surface area (Å²) >= 11 is 1.31. The Labute approximate surface area is 133 Å². The van der Waals surface area contributed by atoms with E-state index in [0.717, 1.165) is 17.5 Å². The number of carbonyl (C=O) groups is 1. The van der Waals surface area contributed by atoms with E-state index < -0.39 is 9.84 Å². The van der Waals surface area contributed by atoms with Gasteiger partial charge in [0.15, 0.2) is 5.69 Å². The van der Waals surface area contributed by atoms with Crippen LogP contribution in [0, 0.1) is 6.92 Å². The lowest BCUT2D eigenvalue weighted by Crippen LogP contribution is -2.29. The predicted molar refractivity (Wildman–Crippen MR) is 88.6 cm³/mol. The highest BCUT2D eigenvalue weighted by molar-refractivity contribution is 7.90. The summed E-state index contributed by atoms with van der Waals surface area (Å²) < 4.78 is 22.1. The predicted octanol–water partition coefficient (Wildman–Crippen LogP) is 1.97. The van der Waals surface area contributed by atoms with E-state index in [1.165, 1.54) is 11.3 Å². The number of sulfone groups is 1. The highest BCUT2D eigenvalue weighted by Gasteiger charge is 2.15. The Morgan fingerprint density at radius 3 is 2.59 bits per heavy atom. The van der Waals surface area contributed by atoms with E-state index in [4.69, 9.17) is 0 Å². The van der Waals surface area contributed by atoms with Gasteiger partial charge in [-0.05, 0) is 19.1 Å². The van der Waals surface area contributed by atoms with Crippen LogP contribution in [0.2, 0.25) is 0 Å². The molecule has 6 nitrogen and oxygen atoms in total. The van der Waals surface area contributed by atoms with Gasteiger partial charge >= 0.3 is 0 Å². The van der Waals surface area contributed by atoms with Crippen molar-refractivity contribution < 1.29 is 13.2 Å². The van der Waals surface area contributed by atoms with Crippen LogP contribution in [0.5, 0.6) is 0 Å². The number of hydrogen-bond acceptors (Lipinski definition) is 6. The third-order valence-electron chi connectivity index (χ3n) is 2.85. The molecule has 0 aliphatic carbocycles. The Hall–Kier alpha value is -1.93. The van der Waals surface area contributed by atoms with E-state index in [2.05, 4.69) is 15.6 Å². The zero-order chi connectivity index (χ0) is 16.2. The van der Waals surface area contributed by atoms with Crippen LogP contribution in [0.4, 0.5) is 10.7 Å². The summed E-state index contributed by atoms with van der Waals surface area (Å²) in [7, 11) is -3.10. The summed E-state index contributed by atoms with van der Waals surface area (Å²) in [5.41, 5.74) is 3.84. The van der Waals surface area contributed by atoms with Gasteiger partial charge in [0.2, 0.25) is 0 Å². The van der Waals surface area contributed by atoms with E-state index in [0.29, 0.717) is 5.00 Å². The molecule has 2 rings (SSSR count). The van der Waals surface area contributed by atoms with E-state index in [1.54, 1.807) is 5.51 Å². The van der Waals surface area contributed by atoms with Crippen molar-refractivity contribution in [1.82, 2.24) is 10.3 Å². The van der Waals surface area contributed by atoms with Crippen LogP contribution in [0.3, 0.4) is 0 Å². The molecule has 0 spiro atoms. The molecule has 0 radical (unpaired) electrons. The average molecular weight is 339 g/mol. The number of hydrogen-bond donors (Lipinski definition) is 2. The molecule has 118 valence electrons. The molecule has 1 aromatic carbocycles. The van der Waals surface area contributed by atoms with Gasteiger partial charge in [0.05, 0.1) is 11.3 Å². The molecule has 0 fully saturated rings. The number of rotatable bonds is 6. The SMILES string of the molecule is Cc1ccc(Nc2scnc2C(=O)NCCS(C)(=O)=O)cc1. The van der Waals surface area contributed by atoms with Crippen LogP contribution in [0.1, 0.15) is 16.1 Å². The molecule has 0 aliphatic rings. The quantitative estimate of drug-likeness (QED) is 0.840. The fraction of sp³-hybridized carbons (Fsp3) is 0.286. The Morgan fingerprint density at radius 1 is 1.27 bits per heavy atom. The zero-order valence-electron chi connectivity index (χ0n) is 12.3. The first-order valence-electron chi connectivity index (χ1n) is 6.58. The third-order valence-corrected chi connectivity index (χ3v) is 4.54. The number of aromatic nitrogens is 1. The fourth-order valence-corrected chi connectivity index (χ4v) is 2.87. The second-order valence-electron chi connectivity index (χ2n) is 4.91. The summed E-state index contributed by atoms with van der Waals surface area (Å²) in [6.07, 6.45) is 1.13. The molecule has 0 bridgehead atoms. The molecular formula is C14H17N3O3S2. The Balaban J connectivity index is 2.02. The molecule has 2 N–H and O–H groups in total. The van der Waals surface area contributed by atoms with Gasteiger partial charge in [-0.3, -0.25) is 4.79 Å². The van der Waals surface area contributed by atoms with Gasteiger partial charge in [0.25, 0.3) is 5.91 Å². The molecular weight excluding hydrogens is 322 g/mol. The lowest BCUT2D eigenvalue weighted by Gasteiger charge is -2.07. The van der Waals surface area contributed by atoms with Crippen LogP contribution < -0.4 is 10.6 Å². The summed E-state index contributed by atoms with van der Waals surface area (Å²) in [6, 6.07) is 7.77. The number of carbonyl (C=O) groups excluding carboxylic acids is 1. The Morgan fingerprint density at radius 2 is 1.95 bits per heavy atom. The van der Waals surface area contributed by atoms with E-state index in [-0.39, 0.29) is 23.9 Å². The number of nitrogens with zero attached hydrogens (tertiary/aromatic N) is 1. The molecule has 0 unspecified atom stereocenters. The van der Waals surface area contributed by atoms with Gasteiger partial charge in [-0.1, -0.05) is 17.7 Å². The first kappa shape index (κ1) is 16.4. The lowest BCUT2D eigenvalue weighted by molar-refractivity contribution is 0.0952. The molecule has 0 atom stereocenters. The summed E-state index contributed by atoms with van der Waals surface area (Å²) in [4.78, 5) is 16.1. The van der Waals surface area contributed by atoms with Crippen molar-refractivity contribution >= 4 is 37.8 Å². The number of benzene rings is 1. The van der Waals surface area contributed by atoms with Crippen molar-refractivity contribution in [2.24, 2.45) is 0 Å². The molecule has 2 aromatic rings. The summed E-state index contributed by atoms with van der Waals surface area (Å²) in [5, 5.41) is 6.33. The lowest BCUT2D eigenvalue weighted by atomic mass is 10.2. The van der Waals surface area contributed by atoms with Crippen LogP contribution in [-0.2, 0) is 9.84 Å². The van der Waals surface area contributed by atoms with Crippen molar-refractivity contribution in [3.05, 3.63) is 41.0 Å². The van der Waals surface area contributed by atoms with E-state index >= 15 is 0 Å². The third kappa shape index (κ3) is 4.81. The van der Waals surface area contributed by atoms with Crippen LogP contribution in [0.15, 0.2) is 29.8 Å². The van der Waals surface area contributed by atoms with Crippen LogP contribution >= 0.6 is 11.3 Å². The summed E-state index contributed by atoms with van der Waals surface area (Å²) in [6.45, 7) is 2.07. The van der Waals surface area contributed by atoms with Crippen LogP contribution in [-0.4, -0.2) is 37.9 Å². The van der Waals surface area contributed by atoms with Crippen LogP contribution in [0.25, 0.3) is 0 Å². The second kappa shape index (κ2) is 6.89. The molecule has 1 heterocycles. The first-order valence-corrected chi connectivity index (χ1v) is 9.52. The van der Waals surface area contributed by atoms with Gasteiger partial charge in [-0.15, -0.1) is 11.3 Å². The minimum Gasteiger partial charge on any atom is -0.350 e. The van der Waals surface area contributed by atoms with Gasteiger partial charge in [-0.25, -0.2) is 13.4 Å². The molecule has 0 saturated heterocycles. The average Bonchev–Trinajstić information content (AvgIpc) is 2.88. The number of anilines is 2. The Bertz CT molecular complexity index is 752. The van der Waals surface area contributed by atoms with Crippen molar-refractivity contribution in [2.45, 2.75) is 6.92 Å². The first-order chi connectivity index (χ1) is 10.3. The van der Waals surface area contributed by atoms with Gasteiger partial charge in [-0.2, -0.15) is 0 Å². The Kier molecular flexibility index (Phi) is 5.15. The minimum atomic E-state index is -3.10. The molecule has 8 heteroatoms. The van der Waals surface area contributed by atoms with Crippen molar-refractivity contribution in [2.75, 3.05) is 23.9 Å². The molecule has 0 aliphatic heterocycles. The topological polar surface area (TPSA) is 88.2 Å². The number of amides is 1. The molecule has 1 amide bonds. The molecule has 0 saturated carbocycles. The second-order valence-corrected chi connectivity index (χ2v) is 8.02. The number of thiazole rings is 1. The number of aryl methyl sites for hydroxylation is 1.